The van der Waals surface area contributed by atoms with Gasteiger partial charge in [0.2, 0.25) is 0 Å². The van der Waals surface area contributed by atoms with Crippen molar-refractivity contribution < 1.29 is 19.8 Å². The second-order valence-electron chi connectivity index (χ2n) is 7.89. The number of hydrogen-bond acceptors (Lipinski definition) is 2. The summed E-state index contributed by atoms with van der Waals surface area (Å²) < 4.78 is 0. The topological polar surface area (TPSA) is 74.6 Å². The van der Waals surface area contributed by atoms with Gasteiger partial charge in [-0.05, 0) is 47.9 Å². The lowest BCUT2D eigenvalue weighted by atomic mass is 9.67. The zero-order chi connectivity index (χ0) is 22.0. The molecule has 0 amide bonds. The molecule has 0 fully saturated rings. The number of carboxylic acid groups (broad SMARTS) is 2. The molecule has 0 saturated carbocycles. The van der Waals surface area contributed by atoms with Gasteiger partial charge in [-0.25, -0.2) is 0 Å². The summed E-state index contributed by atoms with van der Waals surface area (Å²) >= 11 is 0. The number of rotatable bonds is 13. The molecule has 4 heteroatoms. The molecule has 0 unspecified atom stereocenters. The van der Waals surface area contributed by atoms with Crippen LogP contribution in [0.4, 0.5) is 0 Å². The van der Waals surface area contributed by atoms with E-state index in [4.69, 9.17) is 5.11 Å². The van der Waals surface area contributed by atoms with Crippen LogP contribution in [-0.4, -0.2) is 22.2 Å². The van der Waals surface area contributed by atoms with E-state index in [9.17, 15) is 14.7 Å². The third kappa shape index (κ3) is 5.50. The standard InChI is InChI=1S/C26H34O4/c1-3-20-14-9-11-16-22(20)26(25(29)30,23-17-12-10-15-21(23)4-2)19-13-7-5-6-8-18-24(27)28/h9-12,14-17H,3-8,13,18-19H2,1-2H3,(H,27,28)(H,29,30). The predicted octanol–water partition coefficient (Wildman–Crippen LogP) is 6.00. The number of benzene rings is 2. The van der Waals surface area contributed by atoms with E-state index in [2.05, 4.69) is 13.8 Å². The van der Waals surface area contributed by atoms with Crippen LogP contribution in [0.15, 0.2) is 48.5 Å². The number of carbonyl (C=O) groups is 2. The third-order valence-corrected chi connectivity index (χ3v) is 6.02. The minimum absolute atomic E-state index is 0.201. The molecule has 4 nitrogen and oxygen atoms in total. The molecule has 0 aromatic heterocycles. The van der Waals surface area contributed by atoms with Gasteiger partial charge in [0.05, 0.1) is 0 Å². The van der Waals surface area contributed by atoms with Crippen LogP contribution < -0.4 is 0 Å². The van der Waals surface area contributed by atoms with Crippen LogP contribution in [0.5, 0.6) is 0 Å². The Balaban J connectivity index is 2.37. The van der Waals surface area contributed by atoms with Crippen LogP contribution >= 0.6 is 0 Å². The molecule has 0 aliphatic carbocycles. The maximum absolute atomic E-state index is 12.9. The highest BCUT2D eigenvalue weighted by molar-refractivity contribution is 5.87. The summed E-state index contributed by atoms with van der Waals surface area (Å²) in [5.74, 6) is -1.55. The Morgan fingerprint density at radius 1 is 0.733 bits per heavy atom. The molecule has 0 saturated heterocycles. The molecule has 2 aromatic carbocycles. The molecule has 0 atom stereocenters. The minimum atomic E-state index is -1.07. The lowest BCUT2D eigenvalue weighted by Crippen LogP contribution is -2.39. The SMILES string of the molecule is CCc1ccccc1C(CCCCCCCC(=O)O)(C(=O)O)c1ccccc1CC. The van der Waals surface area contributed by atoms with E-state index in [1.807, 2.05) is 48.5 Å². The molecule has 0 spiro atoms. The van der Waals surface area contributed by atoms with Crippen LogP contribution in [-0.2, 0) is 27.8 Å². The Bertz CT molecular complexity index is 793. The second kappa shape index (κ2) is 11.5. The van der Waals surface area contributed by atoms with Crippen LogP contribution in [0.2, 0.25) is 0 Å². The van der Waals surface area contributed by atoms with Gasteiger partial charge < -0.3 is 10.2 Å². The molecule has 30 heavy (non-hydrogen) atoms. The lowest BCUT2D eigenvalue weighted by Gasteiger charge is -2.34. The molecular weight excluding hydrogens is 376 g/mol. The number of aliphatic carboxylic acids is 2. The molecule has 0 radical (unpaired) electrons. The Labute approximate surface area is 180 Å². The van der Waals surface area contributed by atoms with E-state index in [1.54, 1.807) is 0 Å². The lowest BCUT2D eigenvalue weighted by molar-refractivity contribution is -0.142. The monoisotopic (exact) mass is 410 g/mol. The fourth-order valence-electron chi connectivity index (χ4n) is 4.44. The molecule has 2 N–H and O–H groups in total. The third-order valence-electron chi connectivity index (χ3n) is 6.02. The average molecular weight is 411 g/mol. The highest BCUT2D eigenvalue weighted by Gasteiger charge is 2.43. The van der Waals surface area contributed by atoms with Gasteiger partial charge in [-0.3, -0.25) is 9.59 Å². The Morgan fingerprint density at radius 3 is 1.67 bits per heavy atom. The summed E-state index contributed by atoms with van der Waals surface area (Å²) in [6.45, 7) is 4.14. The first-order chi connectivity index (χ1) is 14.5. The highest BCUT2D eigenvalue weighted by atomic mass is 16.4. The van der Waals surface area contributed by atoms with Crippen LogP contribution in [0.25, 0.3) is 0 Å². The van der Waals surface area contributed by atoms with Crippen molar-refractivity contribution in [1.29, 1.82) is 0 Å². The number of unbranched alkanes of at least 4 members (excludes halogenated alkanes) is 4. The fraction of sp³-hybridized carbons (Fsp3) is 0.462. The van der Waals surface area contributed by atoms with E-state index < -0.39 is 17.4 Å². The second-order valence-corrected chi connectivity index (χ2v) is 7.89. The zero-order valence-corrected chi connectivity index (χ0v) is 18.2. The van der Waals surface area contributed by atoms with E-state index >= 15 is 0 Å². The summed E-state index contributed by atoms with van der Waals surface area (Å²) in [7, 11) is 0. The van der Waals surface area contributed by atoms with Crippen molar-refractivity contribution in [3.63, 3.8) is 0 Å². The summed E-state index contributed by atoms with van der Waals surface area (Å²) in [5.41, 5.74) is 2.87. The normalized spacial score (nSPS) is 11.4. The molecular formula is C26H34O4. The van der Waals surface area contributed by atoms with Gasteiger partial charge in [0, 0.05) is 6.42 Å². The van der Waals surface area contributed by atoms with Crippen molar-refractivity contribution in [2.45, 2.75) is 77.0 Å². The highest BCUT2D eigenvalue weighted by Crippen LogP contribution is 2.41. The van der Waals surface area contributed by atoms with E-state index in [0.29, 0.717) is 12.8 Å². The van der Waals surface area contributed by atoms with Crippen molar-refractivity contribution >= 4 is 11.9 Å². The van der Waals surface area contributed by atoms with Gasteiger partial charge in [-0.2, -0.15) is 0 Å². The van der Waals surface area contributed by atoms with E-state index in [-0.39, 0.29) is 6.42 Å². The van der Waals surface area contributed by atoms with E-state index in [1.165, 1.54) is 0 Å². The predicted molar refractivity (Wildman–Crippen MR) is 120 cm³/mol. The van der Waals surface area contributed by atoms with Crippen LogP contribution in [0, 0.1) is 0 Å². The molecule has 162 valence electrons. The molecule has 0 heterocycles. The number of aryl methyl sites for hydroxylation is 2. The first kappa shape index (κ1) is 23.7. The Hall–Kier alpha value is -2.62. The molecule has 0 aliphatic rings. The average Bonchev–Trinajstić information content (AvgIpc) is 2.75. The van der Waals surface area contributed by atoms with E-state index in [0.717, 1.165) is 60.8 Å². The Kier molecular flexibility index (Phi) is 9.10. The summed E-state index contributed by atoms with van der Waals surface area (Å²) in [4.78, 5) is 23.6. The molecule has 0 aliphatic heterocycles. The van der Waals surface area contributed by atoms with Gasteiger partial charge in [0.15, 0.2) is 0 Å². The van der Waals surface area contributed by atoms with Gasteiger partial charge in [-0.15, -0.1) is 0 Å². The largest absolute Gasteiger partial charge is 0.481 e. The smallest absolute Gasteiger partial charge is 0.318 e. The van der Waals surface area contributed by atoms with Gasteiger partial charge >= 0.3 is 11.9 Å². The molecule has 2 aromatic rings. The maximum atomic E-state index is 12.9. The van der Waals surface area contributed by atoms with Crippen molar-refractivity contribution in [2.75, 3.05) is 0 Å². The summed E-state index contributed by atoms with van der Waals surface area (Å²) in [6.07, 6.45) is 6.46. The quantitative estimate of drug-likeness (QED) is 0.397. The van der Waals surface area contributed by atoms with Crippen molar-refractivity contribution in [2.24, 2.45) is 0 Å². The summed E-state index contributed by atoms with van der Waals surface area (Å²) in [6, 6.07) is 15.9. The van der Waals surface area contributed by atoms with Crippen molar-refractivity contribution in [3.8, 4) is 0 Å². The zero-order valence-electron chi connectivity index (χ0n) is 18.2. The van der Waals surface area contributed by atoms with Gasteiger partial charge in [-0.1, -0.05) is 88.1 Å². The Morgan fingerprint density at radius 2 is 1.20 bits per heavy atom. The number of carboxylic acids is 2. The van der Waals surface area contributed by atoms with Gasteiger partial charge in [0.25, 0.3) is 0 Å². The fourth-order valence-corrected chi connectivity index (χ4v) is 4.44. The maximum Gasteiger partial charge on any atom is 0.318 e. The first-order valence-corrected chi connectivity index (χ1v) is 11.1. The van der Waals surface area contributed by atoms with Gasteiger partial charge in [0.1, 0.15) is 5.41 Å². The van der Waals surface area contributed by atoms with Crippen molar-refractivity contribution in [3.05, 3.63) is 70.8 Å². The van der Waals surface area contributed by atoms with Crippen molar-refractivity contribution in [1.82, 2.24) is 0 Å². The van der Waals surface area contributed by atoms with Crippen LogP contribution in [0.1, 0.15) is 81.0 Å². The molecule has 0 bridgehead atoms. The summed E-state index contributed by atoms with van der Waals surface area (Å²) in [5, 5.41) is 19.4. The first-order valence-electron chi connectivity index (χ1n) is 11.1. The molecule has 2 rings (SSSR count). The van der Waals surface area contributed by atoms with Crippen LogP contribution in [0.3, 0.4) is 0 Å². The minimum Gasteiger partial charge on any atom is -0.481 e. The number of hydrogen-bond donors (Lipinski definition) is 2.